The number of aromatic nitrogens is 2. The summed E-state index contributed by atoms with van der Waals surface area (Å²) in [5.74, 6) is -0.284. The monoisotopic (exact) mass is 496 g/mol. The number of hydrogen-bond acceptors (Lipinski definition) is 7. The van der Waals surface area contributed by atoms with Gasteiger partial charge in [0.1, 0.15) is 5.82 Å². The van der Waals surface area contributed by atoms with Crippen molar-refractivity contribution in [2.45, 2.75) is 34.2 Å². The van der Waals surface area contributed by atoms with Crippen LogP contribution in [0.3, 0.4) is 0 Å². The maximum absolute atomic E-state index is 12.0. The topological polar surface area (TPSA) is 96.7 Å². The zero-order chi connectivity index (χ0) is 27.3. The van der Waals surface area contributed by atoms with Crippen LogP contribution in [0.2, 0.25) is 0 Å². The van der Waals surface area contributed by atoms with E-state index in [0.29, 0.717) is 12.1 Å². The molecule has 0 fully saturated rings. The summed E-state index contributed by atoms with van der Waals surface area (Å²) in [6.45, 7) is 10.8. The van der Waals surface area contributed by atoms with Gasteiger partial charge in [-0.25, -0.2) is 4.98 Å². The van der Waals surface area contributed by atoms with Crippen LogP contribution in [0.4, 0.5) is 5.69 Å². The highest BCUT2D eigenvalue weighted by Crippen LogP contribution is 2.28. The SMILES string of the molecule is CCN(C)c1ccccc1-c1nc(C=O)c(O)c(=O)n1C.CCOC.CNCc1ccc(C)c(C)c1. The van der Waals surface area contributed by atoms with Gasteiger partial charge < -0.3 is 20.1 Å². The zero-order valence-electron chi connectivity index (χ0n) is 22.8. The molecule has 196 valence electrons. The van der Waals surface area contributed by atoms with E-state index in [9.17, 15) is 14.7 Å². The van der Waals surface area contributed by atoms with Gasteiger partial charge in [-0.15, -0.1) is 0 Å². The Balaban J connectivity index is 0.000000360. The fourth-order valence-corrected chi connectivity index (χ4v) is 3.21. The Kier molecular flexibility index (Phi) is 13.1. The summed E-state index contributed by atoms with van der Waals surface area (Å²) in [6, 6.07) is 14.0. The summed E-state index contributed by atoms with van der Waals surface area (Å²) < 4.78 is 5.78. The van der Waals surface area contributed by atoms with Crippen molar-refractivity contribution >= 4 is 12.0 Å². The molecule has 0 bridgehead atoms. The maximum Gasteiger partial charge on any atom is 0.296 e. The first-order chi connectivity index (χ1) is 17.2. The molecule has 0 spiro atoms. The van der Waals surface area contributed by atoms with Crippen LogP contribution >= 0.6 is 0 Å². The molecule has 0 atom stereocenters. The molecule has 0 radical (unpaired) electrons. The molecule has 2 N–H and O–H groups in total. The predicted molar refractivity (Wildman–Crippen MR) is 147 cm³/mol. The third-order valence-electron chi connectivity index (χ3n) is 5.68. The van der Waals surface area contributed by atoms with Crippen LogP contribution in [0.1, 0.15) is 41.0 Å². The average molecular weight is 497 g/mol. The smallest absolute Gasteiger partial charge is 0.296 e. The average Bonchev–Trinajstić information content (AvgIpc) is 2.90. The molecule has 0 aliphatic heterocycles. The van der Waals surface area contributed by atoms with Crippen LogP contribution in [-0.2, 0) is 18.3 Å². The highest BCUT2D eigenvalue weighted by molar-refractivity contribution is 5.80. The van der Waals surface area contributed by atoms with Crippen LogP contribution < -0.4 is 15.8 Å². The molecule has 8 heteroatoms. The van der Waals surface area contributed by atoms with Crippen molar-refractivity contribution in [3.63, 3.8) is 0 Å². The Bertz CT molecular complexity index is 1170. The van der Waals surface area contributed by atoms with Gasteiger partial charge in [0.15, 0.2) is 12.0 Å². The number of aryl methyl sites for hydroxylation is 2. The first-order valence-electron chi connectivity index (χ1n) is 11.9. The molecule has 0 saturated heterocycles. The number of para-hydroxylation sites is 1. The van der Waals surface area contributed by atoms with Gasteiger partial charge in [0.2, 0.25) is 5.75 Å². The highest BCUT2D eigenvalue weighted by Gasteiger charge is 2.17. The van der Waals surface area contributed by atoms with Crippen LogP contribution in [0, 0.1) is 13.8 Å². The number of benzene rings is 2. The minimum Gasteiger partial charge on any atom is -0.501 e. The number of aldehydes is 1. The van der Waals surface area contributed by atoms with E-state index in [2.05, 4.69) is 47.1 Å². The molecule has 8 nitrogen and oxygen atoms in total. The van der Waals surface area contributed by atoms with Crippen molar-refractivity contribution in [3.8, 4) is 17.1 Å². The lowest BCUT2D eigenvalue weighted by Gasteiger charge is -2.21. The molecule has 3 aromatic rings. The van der Waals surface area contributed by atoms with E-state index in [1.807, 2.05) is 57.1 Å². The van der Waals surface area contributed by atoms with Gasteiger partial charge in [0.05, 0.1) is 0 Å². The normalized spacial score (nSPS) is 10.0. The van der Waals surface area contributed by atoms with Crippen LogP contribution in [0.5, 0.6) is 5.75 Å². The molecule has 3 rings (SSSR count). The second-order valence-electron chi connectivity index (χ2n) is 8.21. The number of carbonyl (C=O) groups excluding carboxylic acids is 1. The number of aromatic hydroxyl groups is 1. The highest BCUT2D eigenvalue weighted by atomic mass is 16.5. The van der Waals surface area contributed by atoms with Crippen molar-refractivity contribution in [2.24, 2.45) is 7.05 Å². The van der Waals surface area contributed by atoms with Gasteiger partial charge in [-0.3, -0.25) is 14.2 Å². The number of carbonyl (C=O) groups is 1. The minimum atomic E-state index is -0.643. The van der Waals surface area contributed by atoms with Crippen molar-refractivity contribution in [1.29, 1.82) is 0 Å². The molecule has 0 unspecified atom stereocenters. The molecule has 1 heterocycles. The van der Waals surface area contributed by atoms with E-state index in [4.69, 9.17) is 0 Å². The van der Waals surface area contributed by atoms with Crippen LogP contribution in [-0.4, -0.2) is 55.3 Å². The number of nitrogens with zero attached hydrogens (tertiary/aromatic N) is 3. The van der Waals surface area contributed by atoms with Gasteiger partial charge in [-0.1, -0.05) is 30.3 Å². The van der Waals surface area contributed by atoms with Gasteiger partial charge in [0.25, 0.3) is 5.56 Å². The number of ether oxygens (including phenoxy) is 1. The first kappa shape index (κ1) is 30.5. The predicted octanol–water partition coefficient (Wildman–Crippen LogP) is 4.10. The van der Waals surface area contributed by atoms with E-state index in [-0.39, 0.29) is 5.69 Å². The molecule has 2 aromatic carbocycles. The number of methoxy groups -OCH3 is 1. The number of hydrogen-bond donors (Lipinski definition) is 2. The standard InChI is InChI=1S/C15H17N3O3.C10H15N.C3H8O/c1-4-17(2)12-8-6-5-7-10(12)14-16-11(9-19)13(20)15(21)18(14)3;1-8-4-5-10(7-11-3)6-9(8)2;1-3-4-2/h5-9,20H,4H2,1-3H3;4-6,11H,7H2,1-3H3;3H2,1-2H3. The number of nitrogens with one attached hydrogen (secondary N) is 1. The largest absolute Gasteiger partial charge is 0.501 e. The van der Waals surface area contributed by atoms with Crippen LogP contribution in [0.25, 0.3) is 11.4 Å². The second-order valence-corrected chi connectivity index (χ2v) is 8.21. The number of anilines is 1. The third kappa shape index (κ3) is 8.32. The molecular formula is C28H40N4O4. The summed E-state index contributed by atoms with van der Waals surface area (Å²) in [5.41, 5.74) is 4.82. The van der Waals surface area contributed by atoms with E-state index >= 15 is 0 Å². The molecule has 0 aliphatic carbocycles. The Morgan fingerprint density at radius 1 is 1.14 bits per heavy atom. The van der Waals surface area contributed by atoms with Gasteiger partial charge in [0, 0.05) is 52.2 Å². The summed E-state index contributed by atoms with van der Waals surface area (Å²) in [5, 5.41) is 12.8. The van der Waals surface area contributed by atoms with Gasteiger partial charge in [-0.05, 0) is 63.6 Å². The summed E-state index contributed by atoms with van der Waals surface area (Å²) in [6.07, 6.45) is 0.381. The molecule has 0 aliphatic rings. The van der Waals surface area contributed by atoms with Crippen molar-refractivity contribution in [1.82, 2.24) is 14.9 Å². The Hall–Kier alpha value is -3.49. The van der Waals surface area contributed by atoms with Gasteiger partial charge in [-0.2, -0.15) is 0 Å². The maximum atomic E-state index is 12.0. The molecular weight excluding hydrogens is 456 g/mol. The summed E-state index contributed by atoms with van der Waals surface area (Å²) >= 11 is 0. The van der Waals surface area contributed by atoms with Gasteiger partial charge >= 0.3 is 0 Å². The lowest BCUT2D eigenvalue weighted by molar-refractivity contribution is 0.111. The summed E-state index contributed by atoms with van der Waals surface area (Å²) in [7, 11) is 7.09. The lowest BCUT2D eigenvalue weighted by atomic mass is 10.1. The fourth-order valence-electron chi connectivity index (χ4n) is 3.21. The molecule has 0 saturated carbocycles. The Morgan fingerprint density at radius 3 is 2.31 bits per heavy atom. The van der Waals surface area contributed by atoms with Crippen molar-refractivity contribution in [3.05, 3.63) is 75.2 Å². The Labute approximate surface area is 214 Å². The van der Waals surface area contributed by atoms with E-state index in [1.165, 1.54) is 28.3 Å². The fraction of sp³-hybridized carbons (Fsp3) is 0.393. The third-order valence-corrected chi connectivity index (χ3v) is 5.68. The van der Waals surface area contributed by atoms with E-state index < -0.39 is 11.3 Å². The lowest BCUT2D eigenvalue weighted by Crippen LogP contribution is -2.23. The molecule has 36 heavy (non-hydrogen) atoms. The molecule has 0 amide bonds. The second kappa shape index (κ2) is 15.5. The Morgan fingerprint density at radius 2 is 1.78 bits per heavy atom. The number of rotatable bonds is 7. The van der Waals surface area contributed by atoms with Crippen molar-refractivity contribution < 1.29 is 14.6 Å². The van der Waals surface area contributed by atoms with Crippen LogP contribution in [0.15, 0.2) is 47.3 Å². The first-order valence-corrected chi connectivity index (χ1v) is 11.9. The quantitative estimate of drug-likeness (QED) is 0.476. The molecule has 1 aromatic heterocycles. The van der Waals surface area contributed by atoms with E-state index in [1.54, 1.807) is 7.11 Å². The summed E-state index contributed by atoms with van der Waals surface area (Å²) in [4.78, 5) is 29.1. The van der Waals surface area contributed by atoms with Crippen molar-refractivity contribution in [2.75, 3.05) is 39.3 Å². The van der Waals surface area contributed by atoms with E-state index in [0.717, 1.165) is 30.9 Å². The zero-order valence-corrected chi connectivity index (χ0v) is 22.8. The minimum absolute atomic E-state index is 0.248.